The second kappa shape index (κ2) is 12.6. The average Bonchev–Trinajstić information content (AvgIpc) is 2.75. The number of nitrogens with one attached hydrogen (secondary N) is 1. The molecule has 2 rings (SSSR count). The van der Waals surface area contributed by atoms with Gasteiger partial charge in [0, 0.05) is 23.9 Å². The van der Waals surface area contributed by atoms with Gasteiger partial charge in [-0.2, -0.15) is 0 Å². The van der Waals surface area contributed by atoms with Crippen LogP contribution in [0.1, 0.15) is 31.9 Å². The van der Waals surface area contributed by atoms with Gasteiger partial charge in [-0.3, -0.25) is 9.59 Å². The van der Waals surface area contributed by atoms with Gasteiger partial charge < -0.3 is 15.0 Å². The highest BCUT2D eigenvalue weighted by atomic mass is 35.5. The topological polar surface area (TPSA) is 58.6 Å². The van der Waals surface area contributed by atoms with Gasteiger partial charge in [0.15, 0.2) is 0 Å². The lowest BCUT2D eigenvalue weighted by Gasteiger charge is -2.29. The Hall–Kier alpha value is -2.18. The maximum absolute atomic E-state index is 13.1. The van der Waals surface area contributed by atoms with Crippen molar-refractivity contribution < 1.29 is 14.3 Å². The molecule has 7 heteroatoms. The Morgan fingerprint density at radius 3 is 2.42 bits per heavy atom. The van der Waals surface area contributed by atoms with Crippen LogP contribution in [0.5, 0.6) is 5.75 Å². The SMILES string of the molecule is COc1ccc(CN(C(=O)CSCc2cccc(Cl)c2)[C@H](C)C(=O)NCC(C)C)cc1. The summed E-state index contributed by atoms with van der Waals surface area (Å²) in [6.07, 6.45) is 0. The molecule has 0 fully saturated rings. The minimum absolute atomic E-state index is 0.0740. The van der Waals surface area contributed by atoms with Crippen molar-refractivity contribution >= 4 is 35.2 Å². The first-order chi connectivity index (χ1) is 14.8. The minimum Gasteiger partial charge on any atom is -0.497 e. The van der Waals surface area contributed by atoms with E-state index in [2.05, 4.69) is 5.32 Å². The van der Waals surface area contributed by atoms with Gasteiger partial charge in [0.25, 0.3) is 0 Å². The predicted molar refractivity (Wildman–Crippen MR) is 128 cm³/mol. The molecule has 0 spiro atoms. The quantitative estimate of drug-likeness (QED) is 0.522. The molecule has 0 aliphatic carbocycles. The number of carbonyl (C=O) groups excluding carboxylic acids is 2. The first-order valence-electron chi connectivity index (χ1n) is 10.3. The van der Waals surface area contributed by atoms with Gasteiger partial charge in [0.1, 0.15) is 11.8 Å². The molecule has 0 saturated carbocycles. The third-order valence-corrected chi connectivity index (χ3v) is 5.97. The molecule has 1 N–H and O–H groups in total. The number of benzene rings is 2. The van der Waals surface area contributed by atoms with Crippen molar-refractivity contribution in [2.24, 2.45) is 5.92 Å². The molecule has 0 aromatic heterocycles. The van der Waals surface area contributed by atoms with Gasteiger partial charge in [-0.1, -0.05) is 49.7 Å². The smallest absolute Gasteiger partial charge is 0.242 e. The number of methoxy groups -OCH3 is 1. The fraction of sp³-hybridized carbons (Fsp3) is 0.417. The van der Waals surface area contributed by atoms with E-state index >= 15 is 0 Å². The number of hydrogen-bond donors (Lipinski definition) is 1. The zero-order chi connectivity index (χ0) is 22.8. The Bertz CT molecular complexity index is 858. The number of thioether (sulfide) groups is 1. The second-order valence-corrected chi connectivity index (χ2v) is 9.23. The first kappa shape index (κ1) is 25.1. The summed E-state index contributed by atoms with van der Waals surface area (Å²) in [7, 11) is 1.61. The zero-order valence-electron chi connectivity index (χ0n) is 18.6. The van der Waals surface area contributed by atoms with Crippen LogP contribution in [0, 0.1) is 5.92 Å². The Labute approximate surface area is 194 Å². The van der Waals surface area contributed by atoms with E-state index in [9.17, 15) is 9.59 Å². The average molecular weight is 463 g/mol. The third-order valence-electron chi connectivity index (χ3n) is 4.75. The standard InChI is InChI=1S/C24H31ClN2O3S/c1-17(2)13-26-24(29)18(3)27(14-19-8-10-22(30-4)11-9-19)23(28)16-31-15-20-6-5-7-21(25)12-20/h5-12,17-18H,13-16H2,1-4H3,(H,26,29)/t18-/m1/s1. The van der Waals surface area contributed by atoms with E-state index in [1.54, 1.807) is 18.9 Å². The molecule has 5 nitrogen and oxygen atoms in total. The van der Waals surface area contributed by atoms with Gasteiger partial charge in [-0.15, -0.1) is 11.8 Å². The summed E-state index contributed by atoms with van der Waals surface area (Å²) in [6, 6.07) is 14.6. The monoisotopic (exact) mass is 462 g/mol. The number of hydrogen-bond acceptors (Lipinski definition) is 4. The molecule has 2 aromatic carbocycles. The van der Waals surface area contributed by atoms with E-state index in [-0.39, 0.29) is 17.6 Å². The van der Waals surface area contributed by atoms with Gasteiger partial charge in [0.2, 0.25) is 11.8 Å². The number of amides is 2. The molecule has 0 heterocycles. The molecule has 31 heavy (non-hydrogen) atoms. The van der Waals surface area contributed by atoms with Crippen molar-refractivity contribution in [2.45, 2.75) is 39.1 Å². The molecule has 0 unspecified atom stereocenters. The van der Waals surface area contributed by atoms with E-state index in [1.807, 2.05) is 62.4 Å². The maximum Gasteiger partial charge on any atom is 0.242 e. The normalized spacial score (nSPS) is 11.8. The highest BCUT2D eigenvalue weighted by Crippen LogP contribution is 2.19. The molecule has 2 aromatic rings. The van der Waals surface area contributed by atoms with Gasteiger partial charge >= 0.3 is 0 Å². The molecular weight excluding hydrogens is 432 g/mol. The van der Waals surface area contributed by atoms with Crippen LogP contribution in [0.2, 0.25) is 5.02 Å². The van der Waals surface area contributed by atoms with Crippen LogP contribution in [0.15, 0.2) is 48.5 Å². The van der Waals surface area contributed by atoms with Gasteiger partial charge in [0.05, 0.1) is 12.9 Å². The van der Waals surface area contributed by atoms with Crippen LogP contribution in [-0.2, 0) is 21.9 Å². The molecule has 0 radical (unpaired) electrons. The highest BCUT2D eigenvalue weighted by molar-refractivity contribution is 7.99. The lowest BCUT2D eigenvalue weighted by Crippen LogP contribution is -2.48. The Morgan fingerprint density at radius 1 is 1.10 bits per heavy atom. The molecular formula is C24H31ClN2O3S. The predicted octanol–water partition coefficient (Wildman–Crippen LogP) is 4.77. The summed E-state index contributed by atoms with van der Waals surface area (Å²) in [5.74, 6) is 1.84. The molecule has 0 aliphatic heterocycles. The Kier molecular flexibility index (Phi) is 10.2. The van der Waals surface area contributed by atoms with Crippen molar-refractivity contribution in [3.05, 3.63) is 64.7 Å². The molecule has 168 valence electrons. The van der Waals surface area contributed by atoms with Crippen LogP contribution < -0.4 is 10.1 Å². The van der Waals surface area contributed by atoms with Crippen molar-refractivity contribution in [3.8, 4) is 5.75 Å². The highest BCUT2D eigenvalue weighted by Gasteiger charge is 2.26. The van der Waals surface area contributed by atoms with Crippen LogP contribution in [0.3, 0.4) is 0 Å². The minimum atomic E-state index is -0.569. The van der Waals surface area contributed by atoms with Gasteiger partial charge in [-0.05, 0) is 48.2 Å². The fourth-order valence-corrected chi connectivity index (χ4v) is 4.00. The number of ether oxygens (including phenoxy) is 1. The van der Waals surface area contributed by atoms with Crippen LogP contribution in [0.25, 0.3) is 0 Å². The largest absolute Gasteiger partial charge is 0.497 e. The number of nitrogens with zero attached hydrogens (tertiary/aromatic N) is 1. The summed E-state index contributed by atoms with van der Waals surface area (Å²) in [6.45, 7) is 6.79. The van der Waals surface area contributed by atoms with Crippen LogP contribution in [0.4, 0.5) is 0 Å². The van der Waals surface area contributed by atoms with Crippen molar-refractivity contribution in [2.75, 3.05) is 19.4 Å². The molecule has 2 amide bonds. The van der Waals surface area contributed by atoms with E-state index in [0.29, 0.717) is 29.8 Å². The lowest BCUT2D eigenvalue weighted by molar-refractivity contribution is -0.138. The van der Waals surface area contributed by atoms with Crippen LogP contribution in [-0.4, -0.2) is 42.2 Å². The Balaban J connectivity index is 2.06. The summed E-state index contributed by atoms with van der Waals surface area (Å²) in [5, 5.41) is 3.62. The Morgan fingerprint density at radius 2 is 1.81 bits per heavy atom. The third kappa shape index (κ3) is 8.46. The van der Waals surface area contributed by atoms with E-state index in [4.69, 9.17) is 16.3 Å². The summed E-state index contributed by atoms with van der Waals surface area (Å²) >= 11 is 7.55. The number of carbonyl (C=O) groups is 2. The van der Waals surface area contributed by atoms with E-state index in [0.717, 1.165) is 16.9 Å². The molecule has 0 bridgehead atoms. The van der Waals surface area contributed by atoms with Crippen molar-refractivity contribution in [1.82, 2.24) is 10.2 Å². The summed E-state index contributed by atoms with van der Waals surface area (Å²) in [4.78, 5) is 27.4. The first-order valence-corrected chi connectivity index (χ1v) is 11.9. The van der Waals surface area contributed by atoms with Gasteiger partial charge in [-0.25, -0.2) is 0 Å². The fourth-order valence-electron chi connectivity index (χ4n) is 2.93. The lowest BCUT2D eigenvalue weighted by atomic mass is 10.1. The zero-order valence-corrected chi connectivity index (χ0v) is 20.1. The van der Waals surface area contributed by atoms with Crippen LogP contribution >= 0.6 is 23.4 Å². The molecule has 1 atom stereocenters. The maximum atomic E-state index is 13.1. The molecule has 0 saturated heterocycles. The van der Waals surface area contributed by atoms with E-state index < -0.39 is 6.04 Å². The second-order valence-electron chi connectivity index (χ2n) is 7.81. The summed E-state index contributed by atoms with van der Waals surface area (Å²) in [5.41, 5.74) is 2.01. The molecule has 0 aliphatic rings. The van der Waals surface area contributed by atoms with Crippen molar-refractivity contribution in [3.63, 3.8) is 0 Å². The summed E-state index contributed by atoms with van der Waals surface area (Å²) < 4.78 is 5.21. The van der Waals surface area contributed by atoms with E-state index in [1.165, 1.54) is 11.8 Å². The van der Waals surface area contributed by atoms with Crippen molar-refractivity contribution in [1.29, 1.82) is 0 Å². The number of rotatable bonds is 11. The number of halogens is 1.